The Balaban J connectivity index is 1.67. The zero-order chi connectivity index (χ0) is 13.9. The van der Waals surface area contributed by atoms with Crippen molar-refractivity contribution in [3.8, 4) is 11.6 Å². The number of imidazole rings is 1. The van der Waals surface area contributed by atoms with Gasteiger partial charge >= 0.3 is 6.01 Å². The Kier molecular flexibility index (Phi) is 3.20. The maximum absolute atomic E-state index is 5.15. The second kappa shape index (κ2) is 5.16. The quantitative estimate of drug-likeness (QED) is 0.754. The lowest BCUT2D eigenvalue weighted by Gasteiger charge is -1.96. The lowest BCUT2D eigenvalue weighted by atomic mass is 10.4. The summed E-state index contributed by atoms with van der Waals surface area (Å²) >= 11 is 0. The standard InChI is InChI=1S/C12H15N7O/c1-3-19-8-9(7-15-19)6-14-12-16-10(17-20-12)11-13-4-5-18(11)2/h4-5,7-8H,3,6H2,1-2H3,(H,14,16,17). The summed E-state index contributed by atoms with van der Waals surface area (Å²) in [7, 11) is 1.88. The first-order valence-electron chi connectivity index (χ1n) is 6.33. The van der Waals surface area contributed by atoms with Crippen molar-refractivity contribution >= 4 is 6.01 Å². The molecular weight excluding hydrogens is 258 g/mol. The fourth-order valence-electron chi connectivity index (χ4n) is 1.82. The fraction of sp³-hybridized carbons (Fsp3) is 0.333. The van der Waals surface area contributed by atoms with Crippen molar-refractivity contribution in [3.63, 3.8) is 0 Å². The van der Waals surface area contributed by atoms with E-state index in [1.54, 1.807) is 6.20 Å². The van der Waals surface area contributed by atoms with Gasteiger partial charge in [0.25, 0.3) is 0 Å². The van der Waals surface area contributed by atoms with E-state index in [0.717, 1.165) is 12.1 Å². The van der Waals surface area contributed by atoms with E-state index in [2.05, 4.69) is 25.5 Å². The Labute approximate surface area is 115 Å². The summed E-state index contributed by atoms with van der Waals surface area (Å²) in [6, 6.07) is 0.368. The second-order valence-electron chi connectivity index (χ2n) is 4.34. The van der Waals surface area contributed by atoms with Crippen LogP contribution < -0.4 is 5.32 Å². The highest BCUT2D eigenvalue weighted by atomic mass is 16.5. The molecular formula is C12H15N7O. The molecule has 0 saturated heterocycles. The van der Waals surface area contributed by atoms with Crippen LogP contribution in [0.2, 0.25) is 0 Å². The van der Waals surface area contributed by atoms with E-state index in [0.29, 0.717) is 24.2 Å². The molecule has 0 fully saturated rings. The van der Waals surface area contributed by atoms with Gasteiger partial charge in [0.15, 0.2) is 5.82 Å². The van der Waals surface area contributed by atoms with E-state index >= 15 is 0 Å². The van der Waals surface area contributed by atoms with Crippen molar-refractivity contribution < 1.29 is 4.52 Å². The monoisotopic (exact) mass is 273 g/mol. The molecule has 0 atom stereocenters. The van der Waals surface area contributed by atoms with E-state index in [4.69, 9.17) is 4.52 Å². The van der Waals surface area contributed by atoms with E-state index in [9.17, 15) is 0 Å². The molecule has 0 aliphatic carbocycles. The molecule has 3 rings (SSSR count). The van der Waals surface area contributed by atoms with Gasteiger partial charge in [0.2, 0.25) is 5.82 Å². The molecule has 0 spiro atoms. The molecule has 20 heavy (non-hydrogen) atoms. The van der Waals surface area contributed by atoms with Gasteiger partial charge in [-0.2, -0.15) is 10.1 Å². The molecule has 0 radical (unpaired) electrons. The van der Waals surface area contributed by atoms with Gasteiger partial charge in [0, 0.05) is 44.3 Å². The molecule has 0 saturated carbocycles. The molecule has 1 N–H and O–H groups in total. The largest absolute Gasteiger partial charge is 0.334 e. The summed E-state index contributed by atoms with van der Waals surface area (Å²) in [6.45, 7) is 3.48. The molecule has 3 aromatic rings. The number of hydrogen-bond acceptors (Lipinski definition) is 6. The van der Waals surface area contributed by atoms with Gasteiger partial charge < -0.3 is 14.4 Å². The number of nitrogens with one attached hydrogen (secondary N) is 1. The third-order valence-electron chi connectivity index (χ3n) is 2.90. The molecule has 0 unspecified atom stereocenters. The summed E-state index contributed by atoms with van der Waals surface area (Å²) < 4.78 is 8.84. The van der Waals surface area contributed by atoms with Crippen LogP contribution in [0.5, 0.6) is 0 Å². The zero-order valence-corrected chi connectivity index (χ0v) is 11.3. The number of hydrogen-bond donors (Lipinski definition) is 1. The highest BCUT2D eigenvalue weighted by molar-refractivity contribution is 5.44. The molecule has 8 heteroatoms. The van der Waals surface area contributed by atoms with E-state index in [1.807, 2.05) is 41.8 Å². The molecule has 0 aliphatic heterocycles. The van der Waals surface area contributed by atoms with Crippen molar-refractivity contribution in [2.75, 3.05) is 5.32 Å². The Morgan fingerprint density at radius 1 is 1.40 bits per heavy atom. The maximum Gasteiger partial charge on any atom is 0.322 e. The van der Waals surface area contributed by atoms with Crippen molar-refractivity contribution in [1.82, 2.24) is 29.5 Å². The molecule has 104 valence electrons. The van der Waals surface area contributed by atoms with Gasteiger partial charge in [0.1, 0.15) is 0 Å². The number of anilines is 1. The van der Waals surface area contributed by atoms with Gasteiger partial charge in [-0.25, -0.2) is 4.98 Å². The van der Waals surface area contributed by atoms with Crippen LogP contribution >= 0.6 is 0 Å². The van der Waals surface area contributed by atoms with Gasteiger partial charge in [-0.3, -0.25) is 4.68 Å². The van der Waals surface area contributed by atoms with Crippen LogP contribution in [-0.4, -0.2) is 29.5 Å². The Morgan fingerprint density at radius 3 is 3.00 bits per heavy atom. The minimum absolute atomic E-state index is 0.368. The molecule has 0 aliphatic rings. The van der Waals surface area contributed by atoms with Gasteiger partial charge in [-0.1, -0.05) is 5.16 Å². The smallest absolute Gasteiger partial charge is 0.322 e. The molecule has 0 amide bonds. The summed E-state index contributed by atoms with van der Waals surface area (Å²) in [5.41, 5.74) is 1.06. The maximum atomic E-state index is 5.15. The normalized spacial score (nSPS) is 10.9. The fourth-order valence-corrected chi connectivity index (χ4v) is 1.82. The van der Waals surface area contributed by atoms with Crippen molar-refractivity contribution in [1.29, 1.82) is 0 Å². The summed E-state index contributed by atoms with van der Waals surface area (Å²) in [5.74, 6) is 1.13. The van der Waals surface area contributed by atoms with Crippen LogP contribution in [0.1, 0.15) is 12.5 Å². The van der Waals surface area contributed by atoms with E-state index < -0.39 is 0 Å². The Hall–Kier alpha value is -2.64. The highest BCUT2D eigenvalue weighted by Crippen LogP contribution is 2.15. The number of rotatable bonds is 5. The average molecular weight is 273 g/mol. The Morgan fingerprint density at radius 2 is 2.30 bits per heavy atom. The summed E-state index contributed by atoms with van der Waals surface area (Å²) in [4.78, 5) is 8.43. The van der Waals surface area contributed by atoms with E-state index in [-0.39, 0.29) is 0 Å². The average Bonchev–Trinajstić information content (AvgIpc) is 3.16. The third kappa shape index (κ3) is 2.40. The SMILES string of the molecule is CCn1cc(CNc2nc(-c3nccn3C)no2)cn1. The van der Waals surface area contributed by atoms with Gasteiger partial charge in [-0.05, 0) is 6.92 Å². The molecule has 0 bridgehead atoms. The topological polar surface area (TPSA) is 86.6 Å². The van der Waals surface area contributed by atoms with Crippen LogP contribution in [-0.2, 0) is 20.1 Å². The molecule has 0 aromatic carbocycles. The van der Waals surface area contributed by atoms with Crippen LogP contribution in [0.3, 0.4) is 0 Å². The van der Waals surface area contributed by atoms with E-state index in [1.165, 1.54) is 0 Å². The first-order valence-corrected chi connectivity index (χ1v) is 6.33. The lowest BCUT2D eigenvalue weighted by molar-refractivity contribution is 0.431. The minimum atomic E-state index is 0.368. The summed E-state index contributed by atoms with van der Waals surface area (Å²) in [6.07, 6.45) is 7.31. The van der Waals surface area contributed by atoms with Gasteiger partial charge in [-0.15, -0.1) is 0 Å². The molecule has 3 heterocycles. The number of aryl methyl sites for hydroxylation is 2. The van der Waals surface area contributed by atoms with Crippen molar-refractivity contribution in [2.24, 2.45) is 7.05 Å². The zero-order valence-electron chi connectivity index (χ0n) is 11.3. The van der Waals surface area contributed by atoms with Crippen molar-refractivity contribution in [2.45, 2.75) is 20.0 Å². The molecule has 8 nitrogen and oxygen atoms in total. The minimum Gasteiger partial charge on any atom is -0.334 e. The predicted octanol–water partition coefficient (Wildman–Crippen LogP) is 1.30. The van der Waals surface area contributed by atoms with Crippen molar-refractivity contribution in [3.05, 3.63) is 30.4 Å². The molecule has 3 aromatic heterocycles. The van der Waals surface area contributed by atoms with Crippen LogP contribution in [0.25, 0.3) is 11.6 Å². The first-order chi connectivity index (χ1) is 9.76. The Bertz CT molecular complexity index is 696. The van der Waals surface area contributed by atoms with Crippen LogP contribution in [0, 0.1) is 0 Å². The van der Waals surface area contributed by atoms with Crippen LogP contribution in [0.4, 0.5) is 6.01 Å². The number of aromatic nitrogens is 6. The number of nitrogens with zero attached hydrogens (tertiary/aromatic N) is 6. The van der Waals surface area contributed by atoms with Gasteiger partial charge in [0.05, 0.1) is 6.20 Å². The summed E-state index contributed by atoms with van der Waals surface area (Å²) in [5, 5.41) is 11.2. The third-order valence-corrected chi connectivity index (χ3v) is 2.90. The predicted molar refractivity (Wildman–Crippen MR) is 71.7 cm³/mol. The highest BCUT2D eigenvalue weighted by Gasteiger charge is 2.12. The van der Waals surface area contributed by atoms with Crippen LogP contribution in [0.15, 0.2) is 29.3 Å². The second-order valence-corrected chi connectivity index (χ2v) is 4.34. The lowest BCUT2D eigenvalue weighted by Crippen LogP contribution is -1.99. The first kappa shape index (κ1) is 12.4.